The maximum atomic E-state index is 13.2. The number of aliphatic hydroxyl groups excluding tert-OH is 2. The number of para-hydroxylation sites is 1. The van der Waals surface area contributed by atoms with E-state index in [1.54, 1.807) is 30.2 Å². The Labute approximate surface area is 381 Å². The van der Waals surface area contributed by atoms with E-state index in [4.69, 9.17) is 4.74 Å². The molecule has 340 valence electrons. The molecule has 2 aliphatic rings. The number of hydrogen-bond acceptors (Lipinski definition) is 10. The number of aliphatic hydroxyl groups is 2. The van der Waals surface area contributed by atoms with Crippen LogP contribution in [0.4, 0.5) is 21.9 Å². The second-order valence-corrected chi connectivity index (χ2v) is 17.0. The summed E-state index contributed by atoms with van der Waals surface area (Å²) in [6.45, 7) is 6.87. The van der Waals surface area contributed by atoms with E-state index in [1.165, 1.54) is 6.07 Å². The topological polar surface area (TPSA) is 176 Å². The molecule has 2 aliphatic heterocycles. The van der Waals surface area contributed by atoms with E-state index in [-0.39, 0.29) is 36.1 Å². The quantitative estimate of drug-likeness (QED) is 0.0470. The summed E-state index contributed by atoms with van der Waals surface area (Å²) in [6.07, 6.45) is 3.54. The molecule has 0 aliphatic carbocycles. The normalized spacial score (nSPS) is 15.9. The van der Waals surface area contributed by atoms with Crippen molar-refractivity contribution in [2.45, 2.75) is 77.0 Å². The number of piperidine rings is 1. The number of nitrogens with zero attached hydrogens (tertiary/aromatic N) is 2. The van der Waals surface area contributed by atoms with Gasteiger partial charge in [0.05, 0.1) is 23.9 Å². The molecule has 2 heterocycles. The van der Waals surface area contributed by atoms with Crippen molar-refractivity contribution in [3.8, 4) is 16.9 Å². The monoisotopic (exact) mass is 880 g/mol. The van der Waals surface area contributed by atoms with Gasteiger partial charge in [0.15, 0.2) is 0 Å². The van der Waals surface area contributed by atoms with Crippen molar-refractivity contribution in [3.05, 3.63) is 149 Å². The second kappa shape index (κ2) is 21.9. The molecule has 0 aromatic heterocycles. The molecule has 0 bridgehead atoms. The number of aromatic hydroxyl groups is 1. The highest BCUT2D eigenvalue weighted by atomic mass is 16.6. The largest absolute Gasteiger partial charge is 0.506 e. The van der Waals surface area contributed by atoms with Crippen LogP contribution in [0.1, 0.15) is 65.7 Å². The number of ether oxygens (including phenoxy) is 1. The Morgan fingerprint density at radius 1 is 0.923 bits per heavy atom. The van der Waals surface area contributed by atoms with Crippen molar-refractivity contribution in [2.75, 3.05) is 48.8 Å². The number of carbonyl (C=O) groups excluding carboxylic acids is 3. The van der Waals surface area contributed by atoms with Crippen LogP contribution in [-0.4, -0.2) is 89.7 Å². The van der Waals surface area contributed by atoms with Gasteiger partial charge in [-0.3, -0.25) is 14.9 Å². The van der Waals surface area contributed by atoms with Gasteiger partial charge in [-0.25, -0.2) is 4.79 Å². The van der Waals surface area contributed by atoms with Gasteiger partial charge in [0.2, 0.25) is 11.8 Å². The minimum Gasteiger partial charge on any atom is -0.506 e. The number of aryl methyl sites for hydroxylation is 1. The molecule has 0 saturated carbocycles. The van der Waals surface area contributed by atoms with Crippen LogP contribution < -0.4 is 26.2 Å². The first-order valence-electron chi connectivity index (χ1n) is 22.4. The van der Waals surface area contributed by atoms with Crippen LogP contribution in [-0.2, 0) is 33.7 Å². The Morgan fingerprint density at radius 2 is 1.65 bits per heavy atom. The number of fused-ring (bicyclic) bond motifs is 1. The second-order valence-electron chi connectivity index (χ2n) is 17.0. The van der Waals surface area contributed by atoms with Crippen LogP contribution in [0.2, 0.25) is 0 Å². The summed E-state index contributed by atoms with van der Waals surface area (Å²) in [6, 6.07) is 34.5. The zero-order valence-corrected chi connectivity index (χ0v) is 37.3. The van der Waals surface area contributed by atoms with E-state index < -0.39 is 18.4 Å². The lowest BCUT2D eigenvalue weighted by Crippen LogP contribution is -2.40. The molecule has 1 saturated heterocycles. The number of carbonyl (C=O) groups is 3. The van der Waals surface area contributed by atoms with Crippen LogP contribution >= 0.6 is 0 Å². The van der Waals surface area contributed by atoms with Crippen LogP contribution in [0.25, 0.3) is 17.2 Å². The van der Waals surface area contributed by atoms with Gasteiger partial charge >= 0.3 is 6.09 Å². The van der Waals surface area contributed by atoms with Gasteiger partial charge in [0.1, 0.15) is 18.1 Å². The summed E-state index contributed by atoms with van der Waals surface area (Å²) in [5.41, 5.74) is 9.20. The Kier molecular flexibility index (Phi) is 15.7. The van der Waals surface area contributed by atoms with E-state index in [2.05, 4.69) is 52.1 Å². The van der Waals surface area contributed by atoms with Gasteiger partial charge < -0.3 is 45.8 Å². The zero-order chi connectivity index (χ0) is 45.9. The van der Waals surface area contributed by atoms with Gasteiger partial charge in [0.25, 0.3) is 0 Å². The van der Waals surface area contributed by atoms with Gasteiger partial charge in [-0.1, -0.05) is 91.0 Å². The molecule has 5 aromatic rings. The number of rotatable bonds is 17. The van der Waals surface area contributed by atoms with Crippen LogP contribution in [0.5, 0.6) is 5.75 Å². The van der Waals surface area contributed by atoms with Crippen LogP contribution in [0, 0.1) is 6.92 Å². The van der Waals surface area contributed by atoms with E-state index in [0.29, 0.717) is 67.8 Å². The average molecular weight is 881 g/mol. The first kappa shape index (κ1) is 46.5. The number of phenolic OH excluding ortho intramolecular Hbond substituents is 1. The molecule has 3 atom stereocenters. The SMILES string of the molecule is Cc1ccc(CNC(=O)Cc2ccc(N(C)C(=O)CCN3CCC(OC(=O)Nc4ccccc4-c4ccccc4)CC3)cc2)cc1C[C@H](C)NC[C@H](O)c1ccc(O)c2c1C=CC(O)N2. The Balaban J connectivity index is 0.799. The summed E-state index contributed by atoms with van der Waals surface area (Å²) in [7, 11) is 1.77. The first-order chi connectivity index (χ1) is 31.4. The molecule has 1 unspecified atom stereocenters. The molecular formula is C52H60N6O7. The molecule has 1 fully saturated rings. The molecule has 0 spiro atoms. The fourth-order valence-electron chi connectivity index (χ4n) is 8.36. The fourth-order valence-corrected chi connectivity index (χ4v) is 8.36. The summed E-state index contributed by atoms with van der Waals surface area (Å²) in [5.74, 6) is -0.0987. The number of nitrogens with one attached hydrogen (secondary N) is 4. The summed E-state index contributed by atoms with van der Waals surface area (Å²) in [5, 5.41) is 43.4. The van der Waals surface area contributed by atoms with Crippen LogP contribution in [0.3, 0.4) is 0 Å². The maximum absolute atomic E-state index is 13.2. The summed E-state index contributed by atoms with van der Waals surface area (Å²) < 4.78 is 5.78. The predicted molar refractivity (Wildman–Crippen MR) is 256 cm³/mol. The fraction of sp³-hybridized carbons (Fsp3) is 0.327. The van der Waals surface area contributed by atoms with Crippen molar-refractivity contribution in [1.82, 2.24) is 15.5 Å². The Morgan fingerprint density at radius 3 is 2.42 bits per heavy atom. The van der Waals surface area contributed by atoms with E-state index in [1.807, 2.05) is 84.9 Å². The number of phenols is 1. The lowest BCUT2D eigenvalue weighted by atomic mass is 9.96. The number of likely N-dealkylation sites (tertiary alicyclic amines) is 1. The predicted octanol–water partition coefficient (Wildman–Crippen LogP) is 7.30. The van der Waals surface area contributed by atoms with E-state index in [0.717, 1.165) is 52.2 Å². The van der Waals surface area contributed by atoms with Crippen LogP contribution in [0.15, 0.2) is 115 Å². The molecule has 7 rings (SSSR count). The minimum atomic E-state index is -0.905. The van der Waals surface area contributed by atoms with E-state index in [9.17, 15) is 29.7 Å². The van der Waals surface area contributed by atoms with Gasteiger partial charge in [-0.15, -0.1) is 0 Å². The molecule has 13 nitrogen and oxygen atoms in total. The molecule has 3 amide bonds. The van der Waals surface area contributed by atoms with Gasteiger partial charge in [0, 0.05) is 69.0 Å². The highest BCUT2D eigenvalue weighted by Gasteiger charge is 2.25. The molecule has 13 heteroatoms. The molecule has 65 heavy (non-hydrogen) atoms. The Hall–Kier alpha value is -6.51. The van der Waals surface area contributed by atoms with Crippen molar-refractivity contribution < 1.29 is 34.4 Å². The number of amides is 3. The average Bonchev–Trinajstić information content (AvgIpc) is 3.31. The maximum Gasteiger partial charge on any atom is 0.411 e. The summed E-state index contributed by atoms with van der Waals surface area (Å²) >= 11 is 0. The number of anilines is 3. The van der Waals surface area contributed by atoms with Crippen molar-refractivity contribution >= 4 is 41.0 Å². The third kappa shape index (κ3) is 12.6. The molecular weight excluding hydrogens is 821 g/mol. The highest BCUT2D eigenvalue weighted by molar-refractivity contribution is 5.93. The van der Waals surface area contributed by atoms with Gasteiger partial charge in [-0.2, -0.15) is 0 Å². The first-order valence-corrected chi connectivity index (χ1v) is 22.4. The van der Waals surface area contributed by atoms with Gasteiger partial charge in [-0.05, 0) is 96.8 Å². The lowest BCUT2D eigenvalue weighted by molar-refractivity contribution is -0.120. The molecule has 5 aromatic carbocycles. The standard InChI is InChI=1S/C52H60N6O7/c1-34-13-14-37(30-39(34)29-35(2)53-33-47(60)43-19-21-46(59)51-44(43)20-22-48(61)56-51)32-54-49(62)31-36-15-17-40(18-16-36)57(3)50(63)25-28-58-26-23-41(24-27-58)65-52(64)55-45-12-8-7-11-42(45)38-9-5-4-6-10-38/h4-22,30,35,41,47-48,53,56,59-61H,23-29,31-33H2,1-3H3,(H,54,62)(H,55,64)/t35-,47-,48?/m0/s1. The van der Waals surface area contributed by atoms with Crippen molar-refractivity contribution in [1.29, 1.82) is 0 Å². The Bertz CT molecular complexity index is 2450. The summed E-state index contributed by atoms with van der Waals surface area (Å²) in [4.78, 5) is 42.9. The number of hydrogen-bond donors (Lipinski definition) is 7. The third-order valence-corrected chi connectivity index (χ3v) is 12.2. The third-order valence-electron chi connectivity index (χ3n) is 12.2. The molecule has 0 radical (unpaired) electrons. The molecule has 7 N–H and O–H groups in total. The minimum absolute atomic E-state index is 0.00417. The van der Waals surface area contributed by atoms with Crippen molar-refractivity contribution in [2.24, 2.45) is 0 Å². The van der Waals surface area contributed by atoms with E-state index >= 15 is 0 Å². The van der Waals surface area contributed by atoms with Crippen molar-refractivity contribution in [3.63, 3.8) is 0 Å². The smallest absolute Gasteiger partial charge is 0.411 e. The zero-order valence-electron chi connectivity index (χ0n) is 37.3. The highest BCUT2D eigenvalue weighted by Crippen LogP contribution is 2.37. The lowest BCUT2D eigenvalue weighted by Gasteiger charge is -2.31. The number of benzene rings is 5.